The topological polar surface area (TPSA) is 60.9 Å². The minimum atomic E-state index is -1.02. The monoisotopic (exact) mass is 336 g/mol. The van der Waals surface area contributed by atoms with Crippen LogP contribution in [0.3, 0.4) is 0 Å². The Morgan fingerprint density at radius 1 is 1.38 bits per heavy atom. The largest absolute Gasteiger partial charge is 0.509 e. The van der Waals surface area contributed by atoms with Gasteiger partial charge in [0.2, 0.25) is 0 Å². The van der Waals surface area contributed by atoms with Crippen molar-refractivity contribution in [3.8, 4) is 0 Å². The van der Waals surface area contributed by atoms with E-state index in [0.29, 0.717) is 19.4 Å². The molecule has 1 unspecified atom stereocenters. The number of carbonyl (C=O) groups excluding carboxylic acids is 2. The molecule has 2 heterocycles. The maximum Gasteiger partial charge on any atom is 0.275 e. The number of benzene rings is 1. The summed E-state index contributed by atoms with van der Waals surface area (Å²) in [5.74, 6) is -3.49. The molecule has 0 radical (unpaired) electrons. The minimum absolute atomic E-state index is 0.0156. The summed E-state index contributed by atoms with van der Waals surface area (Å²) >= 11 is 0. The Balaban J connectivity index is 2.06. The molecule has 1 amide bonds. The highest BCUT2D eigenvalue weighted by Crippen LogP contribution is 2.41. The third-order valence-corrected chi connectivity index (χ3v) is 4.79. The summed E-state index contributed by atoms with van der Waals surface area (Å²) in [4.78, 5) is 24.5. The van der Waals surface area contributed by atoms with Gasteiger partial charge in [-0.05, 0) is 32.8 Å². The maximum absolute atomic E-state index is 14.0. The predicted octanol–water partition coefficient (Wildman–Crippen LogP) is 2.48. The number of amides is 1. The summed E-state index contributed by atoms with van der Waals surface area (Å²) in [6.45, 7) is 3.22. The third-order valence-electron chi connectivity index (χ3n) is 4.79. The van der Waals surface area contributed by atoms with Gasteiger partial charge in [-0.3, -0.25) is 14.6 Å². The van der Waals surface area contributed by atoms with Gasteiger partial charge in [-0.1, -0.05) is 12.1 Å². The Morgan fingerprint density at radius 2 is 2.08 bits per heavy atom. The van der Waals surface area contributed by atoms with Crippen LogP contribution in [-0.2, 0) is 16.1 Å². The van der Waals surface area contributed by atoms with E-state index in [1.54, 1.807) is 11.9 Å². The van der Waals surface area contributed by atoms with E-state index in [9.17, 15) is 23.5 Å². The van der Waals surface area contributed by atoms with Crippen molar-refractivity contribution < 1.29 is 23.5 Å². The molecule has 24 heavy (non-hydrogen) atoms. The van der Waals surface area contributed by atoms with E-state index in [1.807, 2.05) is 0 Å². The van der Waals surface area contributed by atoms with Gasteiger partial charge < -0.3 is 5.11 Å². The zero-order valence-electron chi connectivity index (χ0n) is 13.5. The van der Waals surface area contributed by atoms with E-state index < -0.39 is 28.9 Å². The summed E-state index contributed by atoms with van der Waals surface area (Å²) in [7, 11) is 0. The molecule has 1 aromatic carbocycles. The first kappa shape index (κ1) is 16.6. The number of halogens is 2. The number of ketones is 1. The second-order valence-electron chi connectivity index (χ2n) is 6.36. The van der Waals surface area contributed by atoms with Gasteiger partial charge >= 0.3 is 0 Å². The normalized spacial score (nSPS) is 24.5. The lowest BCUT2D eigenvalue weighted by Gasteiger charge is -2.46. The fourth-order valence-corrected chi connectivity index (χ4v) is 3.49. The molecule has 128 valence electrons. The van der Waals surface area contributed by atoms with Crippen LogP contribution in [0.4, 0.5) is 8.78 Å². The first-order valence-electron chi connectivity index (χ1n) is 7.74. The Hall–Kier alpha value is -2.28. The molecular formula is C17H18F2N2O3. The maximum atomic E-state index is 14.0. The van der Waals surface area contributed by atoms with E-state index in [2.05, 4.69) is 0 Å². The zero-order valence-corrected chi connectivity index (χ0v) is 13.5. The van der Waals surface area contributed by atoms with Crippen molar-refractivity contribution in [2.75, 3.05) is 6.54 Å². The quantitative estimate of drug-likeness (QED) is 0.862. The molecule has 1 atom stereocenters. The highest BCUT2D eigenvalue weighted by molar-refractivity contribution is 6.19. The number of fused-ring (bicyclic) bond motifs is 1. The van der Waals surface area contributed by atoms with E-state index in [4.69, 9.17) is 0 Å². The molecule has 2 aliphatic heterocycles. The van der Waals surface area contributed by atoms with Crippen LogP contribution in [0.2, 0.25) is 0 Å². The first-order valence-corrected chi connectivity index (χ1v) is 7.74. The summed E-state index contributed by atoms with van der Waals surface area (Å²) in [6.07, 6.45) is 1.27. The highest BCUT2D eigenvalue weighted by Gasteiger charge is 2.52. The van der Waals surface area contributed by atoms with Gasteiger partial charge in [0.15, 0.2) is 17.4 Å². The fraction of sp³-hybridized carbons (Fsp3) is 0.412. The van der Waals surface area contributed by atoms with Gasteiger partial charge in [0.1, 0.15) is 11.3 Å². The van der Waals surface area contributed by atoms with Gasteiger partial charge in [0.25, 0.3) is 5.91 Å². The Morgan fingerprint density at radius 3 is 2.75 bits per heavy atom. The molecule has 1 N–H and O–H groups in total. The summed E-state index contributed by atoms with van der Waals surface area (Å²) in [6, 6.07) is 3.76. The number of Topliss-reactive ketones (excluding diaryl/α,β-unsaturated/α-hetero) is 1. The average molecular weight is 336 g/mol. The lowest BCUT2D eigenvalue weighted by atomic mass is 9.90. The van der Waals surface area contributed by atoms with E-state index in [-0.39, 0.29) is 23.4 Å². The standard InChI is InChI=1S/C17H18F2N2O3/c1-10(22)13-15(23)17(2)7-4-8-21(17)20(16(13)24)9-11-5-3-6-12(18)14(11)19/h3,5-6,23H,4,7-9H2,1-2H3. The second-order valence-corrected chi connectivity index (χ2v) is 6.36. The highest BCUT2D eigenvalue weighted by atomic mass is 19.2. The molecule has 2 aliphatic rings. The number of nitrogens with zero attached hydrogens (tertiary/aromatic N) is 2. The third kappa shape index (κ3) is 2.31. The van der Waals surface area contributed by atoms with Crippen molar-refractivity contribution in [1.29, 1.82) is 0 Å². The number of aliphatic hydroxyl groups is 1. The number of carbonyl (C=O) groups is 2. The van der Waals surface area contributed by atoms with Crippen LogP contribution < -0.4 is 0 Å². The van der Waals surface area contributed by atoms with Gasteiger partial charge in [0, 0.05) is 12.1 Å². The lowest BCUT2D eigenvalue weighted by Crippen LogP contribution is -2.60. The number of hydrogen-bond donors (Lipinski definition) is 1. The zero-order chi connectivity index (χ0) is 17.6. The van der Waals surface area contributed by atoms with Crippen molar-refractivity contribution >= 4 is 11.7 Å². The summed E-state index contributed by atoms with van der Waals surface area (Å²) < 4.78 is 27.4. The van der Waals surface area contributed by atoms with Crippen molar-refractivity contribution in [1.82, 2.24) is 10.0 Å². The molecule has 0 aromatic heterocycles. The Bertz CT molecular complexity index is 762. The van der Waals surface area contributed by atoms with Crippen molar-refractivity contribution in [3.05, 3.63) is 46.7 Å². The Kier molecular flexibility index (Phi) is 3.91. The van der Waals surface area contributed by atoms with Crippen LogP contribution in [0.5, 0.6) is 0 Å². The molecule has 0 spiro atoms. The van der Waals surface area contributed by atoms with Gasteiger partial charge in [-0.25, -0.2) is 13.8 Å². The van der Waals surface area contributed by atoms with Crippen LogP contribution >= 0.6 is 0 Å². The molecule has 0 saturated carbocycles. The predicted molar refractivity (Wildman–Crippen MR) is 81.6 cm³/mol. The van der Waals surface area contributed by atoms with Crippen molar-refractivity contribution in [2.24, 2.45) is 0 Å². The van der Waals surface area contributed by atoms with Gasteiger partial charge in [0.05, 0.1) is 12.1 Å². The number of hydrogen-bond acceptors (Lipinski definition) is 4. The molecule has 5 nitrogen and oxygen atoms in total. The molecule has 0 bridgehead atoms. The fourth-order valence-electron chi connectivity index (χ4n) is 3.49. The summed E-state index contributed by atoms with van der Waals surface area (Å²) in [5, 5.41) is 13.3. The van der Waals surface area contributed by atoms with Gasteiger partial charge in [-0.2, -0.15) is 0 Å². The van der Waals surface area contributed by atoms with Crippen LogP contribution in [0.15, 0.2) is 29.5 Å². The average Bonchev–Trinajstić information content (AvgIpc) is 2.91. The molecule has 1 aromatic rings. The Labute approximate surface area is 138 Å². The first-order chi connectivity index (χ1) is 11.3. The number of hydrazine groups is 1. The molecule has 1 fully saturated rings. The van der Waals surface area contributed by atoms with E-state index in [1.165, 1.54) is 24.1 Å². The number of aliphatic hydroxyl groups excluding tert-OH is 1. The lowest BCUT2D eigenvalue weighted by molar-refractivity contribution is -0.160. The molecule has 0 aliphatic carbocycles. The van der Waals surface area contributed by atoms with Crippen molar-refractivity contribution in [3.63, 3.8) is 0 Å². The van der Waals surface area contributed by atoms with E-state index in [0.717, 1.165) is 6.07 Å². The molecule has 1 saturated heterocycles. The molecular weight excluding hydrogens is 318 g/mol. The summed E-state index contributed by atoms with van der Waals surface area (Å²) in [5.41, 5.74) is -1.16. The SMILES string of the molecule is CC(=O)C1=C(O)C2(C)CCCN2N(Cc2cccc(F)c2F)C1=O. The minimum Gasteiger partial charge on any atom is -0.509 e. The number of rotatable bonds is 3. The molecule has 7 heteroatoms. The van der Waals surface area contributed by atoms with Gasteiger partial charge in [-0.15, -0.1) is 0 Å². The molecule has 3 rings (SSSR count). The van der Waals surface area contributed by atoms with Crippen LogP contribution in [-0.4, -0.2) is 38.9 Å². The van der Waals surface area contributed by atoms with Crippen molar-refractivity contribution in [2.45, 2.75) is 38.8 Å². The smallest absolute Gasteiger partial charge is 0.275 e. The van der Waals surface area contributed by atoms with Crippen LogP contribution in [0.1, 0.15) is 32.3 Å². The van der Waals surface area contributed by atoms with E-state index >= 15 is 0 Å². The van der Waals surface area contributed by atoms with Crippen LogP contribution in [0.25, 0.3) is 0 Å². The van der Waals surface area contributed by atoms with Crippen LogP contribution in [0, 0.1) is 11.6 Å². The second kappa shape index (κ2) is 5.66.